The van der Waals surface area contributed by atoms with E-state index < -0.39 is 0 Å². The molecule has 0 fully saturated rings. The Morgan fingerprint density at radius 1 is 1.14 bits per heavy atom. The standard InChI is InChI=1S/C16H15Br2ClFN/c1-2-21-16(11-4-5-14(19)12(17)9-11)8-10-3-6-15(20)13(18)7-10/h3-7,9,16,21H,2,8H2,1H3. The molecule has 0 radical (unpaired) electrons. The molecule has 0 bridgehead atoms. The smallest absolute Gasteiger partial charge is 0.137 e. The first-order chi connectivity index (χ1) is 10.0. The van der Waals surface area contributed by atoms with E-state index in [0.717, 1.165) is 28.6 Å². The monoisotopic (exact) mass is 433 g/mol. The molecule has 1 unspecified atom stereocenters. The van der Waals surface area contributed by atoms with Gasteiger partial charge in [0.2, 0.25) is 0 Å². The average molecular weight is 436 g/mol. The Morgan fingerprint density at radius 2 is 1.90 bits per heavy atom. The van der Waals surface area contributed by atoms with Crippen molar-refractivity contribution in [1.29, 1.82) is 0 Å². The minimum Gasteiger partial charge on any atom is -0.310 e. The molecule has 5 heteroatoms. The minimum absolute atomic E-state index is 0.154. The van der Waals surface area contributed by atoms with E-state index in [1.807, 2.05) is 30.3 Å². The Morgan fingerprint density at radius 3 is 2.52 bits per heavy atom. The van der Waals surface area contributed by atoms with E-state index in [9.17, 15) is 4.39 Å². The molecular weight excluding hydrogens is 420 g/mol. The molecule has 0 heterocycles. The highest BCUT2D eigenvalue weighted by Gasteiger charge is 2.13. The third kappa shape index (κ3) is 4.52. The largest absolute Gasteiger partial charge is 0.310 e. The molecule has 0 aliphatic heterocycles. The summed E-state index contributed by atoms with van der Waals surface area (Å²) in [7, 11) is 0. The molecule has 0 saturated heterocycles. The molecule has 1 atom stereocenters. The van der Waals surface area contributed by atoms with Gasteiger partial charge in [0.1, 0.15) is 5.82 Å². The number of rotatable bonds is 5. The first kappa shape index (κ1) is 16.9. The number of benzene rings is 2. The van der Waals surface area contributed by atoms with Gasteiger partial charge in [0.25, 0.3) is 0 Å². The molecule has 1 nitrogen and oxygen atoms in total. The van der Waals surface area contributed by atoms with Crippen LogP contribution in [0.3, 0.4) is 0 Å². The molecule has 1 N–H and O–H groups in total. The Labute approximate surface area is 146 Å². The molecule has 112 valence electrons. The summed E-state index contributed by atoms with van der Waals surface area (Å²) in [4.78, 5) is 0. The van der Waals surface area contributed by atoms with E-state index in [1.165, 1.54) is 6.07 Å². The van der Waals surface area contributed by atoms with E-state index in [0.29, 0.717) is 9.50 Å². The summed E-state index contributed by atoms with van der Waals surface area (Å²) >= 11 is 12.7. The lowest BCUT2D eigenvalue weighted by atomic mass is 9.99. The quantitative estimate of drug-likeness (QED) is 0.617. The highest BCUT2D eigenvalue weighted by atomic mass is 79.9. The fourth-order valence-electron chi connectivity index (χ4n) is 2.19. The highest BCUT2D eigenvalue weighted by molar-refractivity contribution is 9.10. The van der Waals surface area contributed by atoms with Crippen molar-refractivity contribution in [3.63, 3.8) is 0 Å². The summed E-state index contributed by atoms with van der Waals surface area (Å²) in [5.74, 6) is -0.243. The Balaban J connectivity index is 2.25. The van der Waals surface area contributed by atoms with Gasteiger partial charge in [-0.1, -0.05) is 30.7 Å². The van der Waals surface area contributed by atoms with Gasteiger partial charge in [-0.05, 0) is 80.2 Å². The SMILES string of the molecule is CCNC(Cc1ccc(F)c(Br)c1)c1ccc(Cl)c(Br)c1. The molecule has 0 aliphatic rings. The zero-order valence-corrected chi connectivity index (χ0v) is 15.4. The van der Waals surface area contributed by atoms with Crippen molar-refractivity contribution < 1.29 is 4.39 Å². The van der Waals surface area contributed by atoms with Crippen LogP contribution in [0.4, 0.5) is 4.39 Å². The average Bonchev–Trinajstić information content (AvgIpc) is 2.45. The third-order valence-electron chi connectivity index (χ3n) is 3.22. The van der Waals surface area contributed by atoms with Gasteiger partial charge in [-0.25, -0.2) is 4.39 Å². The van der Waals surface area contributed by atoms with Crippen molar-refractivity contribution in [2.45, 2.75) is 19.4 Å². The van der Waals surface area contributed by atoms with E-state index in [1.54, 1.807) is 0 Å². The maximum atomic E-state index is 13.3. The first-order valence-corrected chi connectivity index (χ1v) is 8.60. The molecule has 2 rings (SSSR count). The van der Waals surface area contributed by atoms with Crippen molar-refractivity contribution in [3.8, 4) is 0 Å². The van der Waals surface area contributed by atoms with Gasteiger partial charge in [-0.15, -0.1) is 0 Å². The predicted octanol–water partition coefficient (Wildman–Crippen LogP) is 5.90. The molecule has 0 aliphatic carbocycles. The van der Waals surface area contributed by atoms with Gasteiger partial charge in [0.15, 0.2) is 0 Å². The van der Waals surface area contributed by atoms with Crippen LogP contribution in [0.5, 0.6) is 0 Å². The molecule has 0 spiro atoms. The van der Waals surface area contributed by atoms with Gasteiger partial charge in [-0.2, -0.15) is 0 Å². The van der Waals surface area contributed by atoms with Crippen molar-refractivity contribution in [1.82, 2.24) is 5.32 Å². The summed E-state index contributed by atoms with van der Waals surface area (Å²) in [5, 5.41) is 4.15. The summed E-state index contributed by atoms with van der Waals surface area (Å²) in [6.45, 7) is 2.92. The predicted molar refractivity (Wildman–Crippen MR) is 93.4 cm³/mol. The van der Waals surface area contributed by atoms with E-state index in [-0.39, 0.29) is 11.9 Å². The Kier molecular flexibility index (Phi) is 6.23. The van der Waals surface area contributed by atoms with Crippen LogP contribution >= 0.6 is 43.5 Å². The fourth-order valence-corrected chi connectivity index (χ4v) is 3.13. The third-order valence-corrected chi connectivity index (χ3v) is 5.04. The molecule has 2 aromatic rings. The zero-order chi connectivity index (χ0) is 15.4. The van der Waals surface area contributed by atoms with Crippen LogP contribution in [0.15, 0.2) is 45.3 Å². The number of nitrogens with one attached hydrogen (secondary N) is 1. The first-order valence-electron chi connectivity index (χ1n) is 6.63. The van der Waals surface area contributed by atoms with Crippen LogP contribution in [0.25, 0.3) is 0 Å². The number of likely N-dealkylation sites (N-methyl/N-ethyl adjacent to an activating group) is 1. The minimum atomic E-state index is -0.243. The lowest BCUT2D eigenvalue weighted by molar-refractivity contribution is 0.548. The number of halogens is 4. The fraction of sp³-hybridized carbons (Fsp3) is 0.250. The molecule has 0 saturated carbocycles. The summed E-state index contributed by atoms with van der Waals surface area (Å²) in [6, 6.07) is 11.2. The topological polar surface area (TPSA) is 12.0 Å². The van der Waals surface area contributed by atoms with Gasteiger partial charge < -0.3 is 5.32 Å². The van der Waals surface area contributed by atoms with Gasteiger partial charge >= 0.3 is 0 Å². The Bertz CT molecular complexity index is 634. The second-order valence-electron chi connectivity index (χ2n) is 4.74. The van der Waals surface area contributed by atoms with Crippen LogP contribution in [0.2, 0.25) is 5.02 Å². The van der Waals surface area contributed by atoms with Crippen LogP contribution in [0.1, 0.15) is 24.1 Å². The second-order valence-corrected chi connectivity index (χ2v) is 6.85. The Hall–Kier alpha value is -0.420. The van der Waals surface area contributed by atoms with Crippen LogP contribution in [0, 0.1) is 5.82 Å². The summed E-state index contributed by atoms with van der Waals surface area (Å²) in [6.07, 6.45) is 0.779. The second kappa shape index (κ2) is 7.73. The molecular formula is C16H15Br2ClFN. The molecule has 21 heavy (non-hydrogen) atoms. The van der Waals surface area contributed by atoms with E-state index >= 15 is 0 Å². The summed E-state index contributed by atoms with van der Waals surface area (Å²) < 4.78 is 14.7. The van der Waals surface area contributed by atoms with Gasteiger partial charge in [0.05, 0.1) is 9.50 Å². The van der Waals surface area contributed by atoms with Crippen molar-refractivity contribution >= 4 is 43.5 Å². The van der Waals surface area contributed by atoms with Crippen LogP contribution < -0.4 is 5.32 Å². The van der Waals surface area contributed by atoms with Crippen molar-refractivity contribution in [2.24, 2.45) is 0 Å². The lowest BCUT2D eigenvalue weighted by Gasteiger charge is -2.19. The summed E-state index contributed by atoms with van der Waals surface area (Å²) in [5.41, 5.74) is 2.22. The van der Waals surface area contributed by atoms with E-state index in [4.69, 9.17) is 11.6 Å². The molecule has 0 aromatic heterocycles. The molecule has 2 aromatic carbocycles. The normalized spacial score (nSPS) is 12.4. The van der Waals surface area contributed by atoms with Crippen LogP contribution in [-0.2, 0) is 6.42 Å². The van der Waals surface area contributed by atoms with Gasteiger partial charge in [-0.3, -0.25) is 0 Å². The van der Waals surface area contributed by atoms with Crippen molar-refractivity contribution in [2.75, 3.05) is 6.54 Å². The maximum absolute atomic E-state index is 13.3. The molecule has 0 amide bonds. The maximum Gasteiger partial charge on any atom is 0.137 e. The highest BCUT2D eigenvalue weighted by Crippen LogP contribution is 2.28. The number of hydrogen-bond donors (Lipinski definition) is 1. The zero-order valence-electron chi connectivity index (χ0n) is 11.5. The lowest BCUT2D eigenvalue weighted by Crippen LogP contribution is -2.23. The number of hydrogen-bond acceptors (Lipinski definition) is 1. The van der Waals surface area contributed by atoms with Crippen molar-refractivity contribution in [3.05, 3.63) is 67.3 Å². The van der Waals surface area contributed by atoms with Crippen LogP contribution in [-0.4, -0.2) is 6.54 Å². The van der Waals surface area contributed by atoms with Gasteiger partial charge in [0, 0.05) is 10.5 Å². The van der Waals surface area contributed by atoms with E-state index in [2.05, 4.69) is 44.1 Å².